The number of para-hydroxylation sites is 1. The molecule has 0 bridgehead atoms. The van der Waals surface area contributed by atoms with Gasteiger partial charge >= 0.3 is 0 Å². The Hall–Kier alpha value is -3.56. The van der Waals surface area contributed by atoms with Gasteiger partial charge in [0.05, 0.1) is 29.5 Å². The summed E-state index contributed by atoms with van der Waals surface area (Å²) in [6.07, 6.45) is 3.21. The molecule has 9 nitrogen and oxygen atoms in total. The number of aliphatic hydroxyl groups excluding tert-OH is 1. The second-order valence-electron chi connectivity index (χ2n) is 12.1. The van der Waals surface area contributed by atoms with E-state index >= 15 is 0 Å². The highest BCUT2D eigenvalue weighted by molar-refractivity contribution is 6.01. The fraction of sp³-hybridized carbons (Fsp3) is 0.484. The van der Waals surface area contributed by atoms with Gasteiger partial charge in [0.15, 0.2) is 5.82 Å². The Balaban J connectivity index is 1.25. The first-order valence-electron chi connectivity index (χ1n) is 14.7. The molecule has 3 fully saturated rings. The lowest BCUT2D eigenvalue weighted by Crippen LogP contribution is -2.33. The number of carbonyl (C=O) groups excluding carboxylic acids is 1. The number of likely N-dealkylation sites (tertiary alicyclic amines) is 1. The summed E-state index contributed by atoms with van der Waals surface area (Å²) >= 11 is 0. The van der Waals surface area contributed by atoms with Crippen molar-refractivity contribution in [1.29, 1.82) is 0 Å². The summed E-state index contributed by atoms with van der Waals surface area (Å²) in [5.74, 6) is 3.20. The number of ether oxygens (including phenoxy) is 1. The molecule has 4 aromatic rings. The fourth-order valence-electron chi connectivity index (χ4n) is 7.17. The number of amides is 1. The van der Waals surface area contributed by atoms with E-state index in [9.17, 15) is 9.90 Å². The van der Waals surface area contributed by atoms with Crippen molar-refractivity contribution in [3.8, 4) is 17.3 Å². The van der Waals surface area contributed by atoms with Crippen molar-refractivity contribution in [2.75, 3.05) is 44.8 Å². The number of piperidine rings is 1. The zero-order chi connectivity index (χ0) is 27.1. The lowest BCUT2D eigenvalue weighted by molar-refractivity contribution is 0.0773. The van der Waals surface area contributed by atoms with Crippen LogP contribution in [0.5, 0.6) is 5.75 Å². The second-order valence-corrected chi connectivity index (χ2v) is 12.1. The molecule has 0 spiro atoms. The molecule has 9 heteroatoms. The second kappa shape index (κ2) is 8.97. The maximum Gasteiger partial charge on any atom is 0.254 e. The largest absolute Gasteiger partial charge is 0.494 e. The normalized spacial score (nSPS) is 23.3. The number of rotatable bonds is 8. The molecular formula is C31H36N6O3. The highest BCUT2D eigenvalue weighted by Gasteiger charge is 2.54. The molecule has 4 heterocycles. The summed E-state index contributed by atoms with van der Waals surface area (Å²) in [6.45, 7) is 5.15. The first-order chi connectivity index (χ1) is 19.6. The third-order valence-electron chi connectivity index (χ3n) is 9.61. The molecular weight excluding hydrogens is 504 g/mol. The minimum atomic E-state index is 0.0361. The Morgan fingerprint density at radius 2 is 1.95 bits per heavy atom. The van der Waals surface area contributed by atoms with Crippen LogP contribution in [0, 0.1) is 17.8 Å². The van der Waals surface area contributed by atoms with Crippen LogP contribution in [0.2, 0.25) is 0 Å². The van der Waals surface area contributed by atoms with E-state index in [2.05, 4.69) is 38.3 Å². The third kappa shape index (κ3) is 3.67. The number of nitrogens with two attached hydrogens (primary N) is 1. The smallest absolute Gasteiger partial charge is 0.254 e. The Labute approximate surface area is 233 Å². The summed E-state index contributed by atoms with van der Waals surface area (Å²) in [4.78, 5) is 23.1. The standard InChI is InChI=1S/C31H36N6O3/c1-40-26-14-20(31(39)35-16-21-22(17-35)27(21)32)12-23-29(26)37(15-18-6-7-18)30(33-23)25-13-19-4-2-5-24-28(19)36(25)10-9-34(24)8-3-11-38/h2,4-5,12-14,18,21-22,27,38H,3,6-11,15-17,32H2,1H3. The number of fused-ring (bicyclic) bond motifs is 2. The average molecular weight is 541 g/mol. The molecule has 208 valence electrons. The first kappa shape index (κ1) is 24.3. The highest BCUT2D eigenvalue weighted by Crippen LogP contribution is 2.45. The monoisotopic (exact) mass is 540 g/mol. The van der Waals surface area contributed by atoms with Crippen molar-refractivity contribution in [3.63, 3.8) is 0 Å². The Morgan fingerprint density at radius 1 is 1.12 bits per heavy atom. The van der Waals surface area contributed by atoms with E-state index in [1.165, 1.54) is 29.4 Å². The molecule has 0 radical (unpaired) electrons. The van der Waals surface area contributed by atoms with E-state index in [0.29, 0.717) is 29.1 Å². The number of benzene rings is 2. The number of anilines is 1. The van der Waals surface area contributed by atoms with Crippen LogP contribution in [0.3, 0.4) is 0 Å². The maximum atomic E-state index is 13.5. The number of hydrogen-bond acceptors (Lipinski definition) is 6. The van der Waals surface area contributed by atoms with Gasteiger partial charge in [-0.1, -0.05) is 12.1 Å². The van der Waals surface area contributed by atoms with Crippen LogP contribution in [-0.2, 0) is 13.1 Å². The lowest BCUT2D eigenvalue weighted by Gasteiger charge is -2.31. The molecule has 2 unspecified atom stereocenters. The van der Waals surface area contributed by atoms with E-state index in [-0.39, 0.29) is 18.6 Å². The Morgan fingerprint density at radius 3 is 2.70 bits per heavy atom. The number of nitrogens with zero attached hydrogens (tertiary/aromatic N) is 5. The molecule has 1 amide bonds. The molecule has 1 saturated heterocycles. The molecule has 8 rings (SSSR count). The molecule has 2 aliphatic carbocycles. The van der Waals surface area contributed by atoms with Crippen molar-refractivity contribution < 1.29 is 14.6 Å². The molecule has 40 heavy (non-hydrogen) atoms. The molecule has 4 aliphatic rings. The van der Waals surface area contributed by atoms with Crippen LogP contribution < -0.4 is 15.4 Å². The summed E-state index contributed by atoms with van der Waals surface area (Å²) in [5.41, 5.74) is 12.1. The maximum absolute atomic E-state index is 13.5. The Kier molecular flexibility index (Phi) is 5.44. The van der Waals surface area contributed by atoms with E-state index in [1.54, 1.807) is 7.11 Å². The average Bonchev–Trinajstić information content (AvgIpc) is 3.70. The van der Waals surface area contributed by atoms with Crippen LogP contribution in [-0.4, -0.2) is 76.0 Å². The lowest BCUT2D eigenvalue weighted by atomic mass is 10.1. The zero-order valence-electron chi connectivity index (χ0n) is 22.9. The van der Waals surface area contributed by atoms with E-state index in [0.717, 1.165) is 68.2 Å². The van der Waals surface area contributed by atoms with Gasteiger partial charge in [-0.25, -0.2) is 4.98 Å². The molecule has 2 atom stereocenters. The third-order valence-corrected chi connectivity index (χ3v) is 9.61. The number of imidazole rings is 1. The van der Waals surface area contributed by atoms with Gasteiger partial charge in [0, 0.05) is 62.9 Å². The minimum absolute atomic E-state index is 0.0361. The molecule has 2 aromatic carbocycles. The predicted octanol–water partition coefficient (Wildman–Crippen LogP) is 3.31. The minimum Gasteiger partial charge on any atom is -0.494 e. The highest BCUT2D eigenvalue weighted by atomic mass is 16.5. The van der Waals surface area contributed by atoms with E-state index < -0.39 is 0 Å². The summed E-state index contributed by atoms with van der Waals surface area (Å²) < 4.78 is 10.7. The van der Waals surface area contributed by atoms with Crippen LogP contribution >= 0.6 is 0 Å². The van der Waals surface area contributed by atoms with Crippen LogP contribution in [0.4, 0.5) is 5.69 Å². The summed E-state index contributed by atoms with van der Waals surface area (Å²) in [6, 6.07) is 12.8. The van der Waals surface area contributed by atoms with Crippen molar-refractivity contribution in [1.82, 2.24) is 19.0 Å². The van der Waals surface area contributed by atoms with E-state index in [4.69, 9.17) is 15.5 Å². The van der Waals surface area contributed by atoms with Crippen molar-refractivity contribution in [3.05, 3.63) is 42.0 Å². The fourth-order valence-corrected chi connectivity index (χ4v) is 7.17. The van der Waals surface area contributed by atoms with Gasteiger partial charge < -0.3 is 34.5 Å². The number of aliphatic hydroxyl groups is 1. The zero-order valence-corrected chi connectivity index (χ0v) is 22.9. The van der Waals surface area contributed by atoms with Crippen LogP contribution in [0.25, 0.3) is 33.5 Å². The van der Waals surface area contributed by atoms with Gasteiger partial charge in [0.1, 0.15) is 11.3 Å². The van der Waals surface area contributed by atoms with Crippen molar-refractivity contribution >= 4 is 33.5 Å². The number of methoxy groups -OCH3 is 1. The quantitative estimate of drug-likeness (QED) is 0.356. The van der Waals surface area contributed by atoms with Crippen molar-refractivity contribution in [2.24, 2.45) is 23.5 Å². The van der Waals surface area contributed by atoms with Gasteiger partial charge in [0.25, 0.3) is 5.91 Å². The Bertz CT molecular complexity index is 1640. The number of aromatic nitrogens is 3. The molecule has 2 aliphatic heterocycles. The summed E-state index contributed by atoms with van der Waals surface area (Å²) in [5, 5.41) is 10.6. The number of hydrogen-bond donors (Lipinski definition) is 2. The van der Waals surface area contributed by atoms with E-state index in [1.807, 2.05) is 17.0 Å². The molecule has 2 aromatic heterocycles. The van der Waals surface area contributed by atoms with Crippen LogP contribution in [0.15, 0.2) is 36.4 Å². The topological polar surface area (TPSA) is 102 Å². The number of carbonyl (C=O) groups is 1. The molecule has 3 N–H and O–H groups in total. The summed E-state index contributed by atoms with van der Waals surface area (Å²) in [7, 11) is 1.68. The van der Waals surface area contributed by atoms with Gasteiger partial charge in [-0.15, -0.1) is 0 Å². The van der Waals surface area contributed by atoms with Gasteiger partial charge in [-0.05, 0) is 61.3 Å². The van der Waals surface area contributed by atoms with Crippen molar-refractivity contribution in [2.45, 2.75) is 38.4 Å². The molecule has 2 saturated carbocycles. The SMILES string of the molecule is COc1cc(C(=O)N2CC3C(N)C3C2)cc2nc(-c3cc4cccc5c4n3CCN5CCCO)n(CC3CC3)c12. The predicted molar refractivity (Wildman–Crippen MR) is 155 cm³/mol. The van der Waals surface area contributed by atoms with Gasteiger partial charge in [-0.3, -0.25) is 4.79 Å². The van der Waals surface area contributed by atoms with Gasteiger partial charge in [-0.2, -0.15) is 0 Å². The van der Waals surface area contributed by atoms with Gasteiger partial charge in [0.2, 0.25) is 0 Å². The van der Waals surface area contributed by atoms with Crippen LogP contribution in [0.1, 0.15) is 29.6 Å². The first-order valence-corrected chi connectivity index (χ1v) is 14.7.